The molecule has 1 aromatic carbocycles. The molecule has 0 aliphatic heterocycles. The van der Waals surface area contributed by atoms with Crippen LogP contribution in [0.3, 0.4) is 0 Å². The number of hydrogen-bond donors (Lipinski definition) is 1. The molecule has 2 nitrogen and oxygen atoms in total. The number of benzene rings is 1. The number of aliphatic hydroxyl groups excluding tert-OH is 1. The lowest BCUT2D eigenvalue weighted by atomic mass is 9.83. The Hall–Kier alpha value is -1.74. The van der Waals surface area contributed by atoms with Crippen LogP contribution in [0.25, 0.3) is 11.1 Å². The average Bonchev–Trinajstić information content (AvgIpc) is 2.58. The van der Waals surface area contributed by atoms with Crippen LogP contribution in [0.15, 0.2) is 24.3 Å². The predicted molar refractivity (Wildman–Crippen MR) is 107 cm³/mol. The Bertz CT molecular complexity index is 733. The van der Waals surface area contributed by atoms with Crippen LogP contribution in [0.5, 0.6) is 0 Å². The zero-order chi connectivity index (χ0) is 19.4. The largest absolute Gasteiger partial charge is 0.389 e. The Balaban J connectivity index is 2.90. The normalized spacial score (nSPS) is 12.8. The van der Waals surface area contributed by atoms with Gasteiger partial charge >= 0.3 is 0 Å². The van der Waals surface area contributed by atoms with Gasteiger partial charge in [0.2, 0.25) is 0 Å². The van der Waals surface area contributed by atoms with Crippen LogP contribution in [0.2, 0.25) is 0 Å². The van der Waals surface area contributed by atoms with E-state index in [1.54, 1.807) is 6.92 Å². The number of aliphatic hydroxyl groups is 1. The SMILES string of the molecule is CCCCc1c(C(C)C)nc(C(C)C)c(C(C)O)c1-c1ccc(F)cc1. The first-order valence-electron chi connectivity index (χ1n) is 9.78. The summed E-state index contributed by atoms with van der Waals surface area (Å²) in [5.41, 5.74) is 6.15. The zero-order valence-corrected chi connectivity index (χ0v) is 16.9. The summed E-state index contributed by atoms with van der Waals surface area (Å²) in [7, 11) is 0. The summed E-state index contributed by atoms with van der Waals surface area (Å²) in [6.45, 7) is 12.5. The van der Waals surface area contributed by atoms with E-state index in [-0.39, 0.29) is 11.7 Å². The Kier molecular flexibility index (Phi) is 6.94. The number of hydrogen-bond acceptors (Lipinski definition) is 2. The van der Waals surface area contributed by atoms with E-state index in [1.165, 1.54) is 17.7 Å². The molecule has 142 valence electrons. The van der Waals surface area contributed by atoms with Crippen LogP contribution >= 0.6 is 0 Å². The van der Waals surface area contributed by atoms with Crippen molar-refractivity contribution in [2.75, 3.05) is 0 Å². The van der Waals surface area contributed by atoms with Gasteiger partial charge in [0.25, 0.3) is 0 Å². The van der Waals surface area contributed by atoms with Crippen molar-refractivity contribution in [1.82, 2.24) is 4.98 Å². The van der Waals surface area contributed by atoms with Gasteiger partial charge in [-0.1, -0.05) is 53.2 Å². The lowest BCUT2D eigenvalue weighted by Gasteiger charge is -2.26. The molecule has 0 saturated heterocycles. The lowest BCUT2D eigenvalue weighted by Crippen LogP contribution is -2.14. The molecule has 2 aromatic rings. The second-order valence-electron chi connectivity index (χ2n) is 7.75. The van der Waals surface area contributed by atoms with E-state index in [2.05, 4.69) is 34.6 Å². The van der Waals surface area contributed by atoms with Crippen molar-refractivity contribution < 1.29 is 9.50 Å². The van der Waals surface area contributed by atoms with E-state index < -0.39 is 6.10 Å². The fourth-order valence-electron chi connectivity index (χ4n) is 3.57. The molecule has 1 aromatic heterocycles. The molecule has 1 atom stereocenters. The maximum atomic E-state index is 13.5. The standard InChI is InChI=1S/C23H32FNO/c1-7-8-9-19-21(17-10-12-18(24)13-11-17)20(16(6)26)23(15(4)5)25-22(19)14(2)3/h10-16,26H,7-9H2,1-6H3. The molecule has 0 bridgehead atoms. The van der Waals surface area contributed by atoms with Gasteiger partial charge in [-0.3, -0.25) is 4.98 Å². The molecule has 0 radical (unpaired) electrons. The maximum absolute atomic E-state index is 13.5. The smallest absolute Gasteiger partial charge is 0.123 e. The van der Waals surface area contributed by atoms with Crippen LogP contribution in [-0.2, 0) is 6.42 Å². The van der Waals surface area contributed by atoms with Crippen molar-refractivity contribution in [3.05, 3.63) is 52.6 Å². The van der Waals surface area contributed by atoms with Gasteiger partial charge in [0.05, 0.1) is 6.10 Å². The van der Waals surface area contributed by atoms with Gasteiger partial charge < -0.3 is 5.11 Å². The third kappa shape index (κ3) is 4.32. The summed E-state index contributed by atoms with van der Waals surface area (Å²) >= 11 is 0. The number of nitrogens with zero attached hydrogens (tertiary/aromatic N) is 1. The molecule has 0 fully saturated rings. The van der Waals surface area contributed by atoms with Crippen molar-refractivity contribution in [2.24, 2.45) is 0 Å². The first-order valence-corrected chi connectivity index (χ1v) is 9.78. The monoisotopic (exact) mass is 357 g/mol. The van der Waals surface area contributed by atoms with Crippen LogP contribution in [0, 0.1) is 5.82 Å². The molecule has 0 aliphatic carbocycles. The Morgan fingerprint density at radius 2 is 1.54 bits per heavy atom. The second-order valence-corrected chi connectivity index (χ2v) is 7.75. The number of rotatable bonds is 7. The molecular weight excluding hydrogens is 325 g/mol. The van der Waals surface area contributed by atoms with E-state index >= 15 is 0 Å². The van der Waals surface area contributed by atoms with Crippen molar-refractivity contribution in [2.45, 2.75) is 78.7 Å². The third-order valence-corrected chi connectivity index (χ3v) is 4.82. The molecule has 0 saturated carbocycles. The first-order chi connectivity index (χ1) is 12.3. The second kappa shape index (κ2) is 8.77. The maximum Gasteiger partial charge on any atom is 0.123 e. The number of unbranched alkanes of at least 4 members (excludes halogenated alkanes) is 1. The highest BCUT2D eigenvalue weighted by molar-refractivity contribution is 5.73. The van der Waals surface area contributed by atoms with Crippen LogP contribution < -0.4 is 0 Å². The van der Waals surface area contributed by atoms with E-state index in [0.29, 0.717) is 5.92 Å². The molecule has 0 amide bonds. The molecule has 0 spiro atoms. The van der Waals surface area contributed by atoms with Crippen LogP contribution in [0.4, 0.5) is 4.39 Å². The highest BCUT2D eigenvalue weighted by Crippen LogP contribution is 2.40. The van der Waals surface area contributed by atoms with Gasteiger partial charge in [0, 0.05) is 17.0 Å². The van der Waals surface area contributed by atoms with Gasteiger partial charge in [-0.25, -0.2) is 4.39 Å². The molecule has 3 heteroatoms. The fourth-order valence-corrected chi connectivity index (χ4v) is 3.57. The molecule has 2 rings (SSSR count). The number of aromatic nitrogens is 1. The fraction of sp³-hybridized carbons (Fsp3) is 0.522. The highest BCUT2D eigenvalue weighted by Gasteiger charge is 2.25. The van der Waals surface area contributed by atoms with Crippen molar-refractivity contribution in [3.8, 4) is 11.1 Å². The summed E-state index contributed by atoms with van der Waals surface area (Å²) in [6.07, 6.45) is 2.45. The van der Waals surface area contributed by atoms with E-state index in [9.17, 15) is 9.50 Å². The first kappa shape index (κ1) is 20.6. The van der Waals surface area contributed by atoms with Gasteiger partial charge in [-0.2, -0.15) is 0 Å². The lowest BCUT2D eigenvalue weighted by molar-refractivity contribution is 0.197. The summed E-state index contributed by atoms with van der Waals surface area (Å²) < 4.78 is 13.5. The number of pyridine rings is 1. The number of halogens is 1. The summed E-state index contributed by atoms with van der Waals surface area (Å²) in [5, 5.41) is 10.6. The quantitative estimate of drug-likeness (QED) is 0.611. The van der Waals surface area contributed by atoms with Crippen molar-refractivity contribution in [1.29, 1.82) is 0 Å². The minimum Gasteiger partial charge on any atom is -0.389 e. The van der Waals surface area contributed by atoms with E-state index in [4.69, 9.17) is 4.98 Å². The predicted octanol–water partition coefficient (Wildman–Crippen LogP) is 6.53. The van der Waals surface area contributed by atoms with Gasteiger partial charge in [-0.15, -0.1) is 0 Å². The molecular formula is C23H32FNO. The molecule has 1 unspecified atom stereocenters. The van der Waals surface area contributed by atoms with Gasteiger partial charge in [0.15, 0.2) is 0 Å². The Morgan fingerprint density at radius 1 is 0.962 bits per heavy atom. The molecule has 1 heterocycles. The van der Waals surface area contributed by atoms with E-state index in [0.717, 1.165) is 47.3 Å². The van der Waals surface area contributed by atoms with Gasteiger partial charge in [0.1, 0.15) is 5.82 Å². The van der Waals surface area contributed by atoms with Crippen LogP contribution in [-0.4, -0.2) is 10.1 Å². The van der Waals surface area contributed by atoms with Crippen molar-refractivity contribution >= 4 is 0 Å². The van der Waals surface area contributed by atoms with Crippen LogP contribution in [0.1, 0.15) is 94.8 Å². The molecule has 0 aliphatic rings. The summed E-state index contributed by atoms with van der Waals surface area (Å²) in [6, 6.07) is 6.63. The minimum absolute atomic E-state index is 0.205. The van der Waals surface area contributed by atoms with Gasteiger partial charge in [-0.05, 0) is 60.4 Å². The Labute approximate surface area is 157 Å². The zero-order valence-electron chi connectivity index (χ0n) is 16.9. The van der Waals surface area contributed by atoms with Crippen molar-refractivity contribution in [3.63, 3.8) is 0 Å². The minimum atomic E-state index is -0.624. The topological polar surface area (TPSA) is 33.1 Å². The summed E-state index contributed by atoms with van der Waals surface area (Å²) in [5.74, 6) is 0.253. The highest BCUT2D eigenvalue weighted by atomic mass is 19.1. The molecule has 26 heavy (non-hydrogen) atoms. The van der Waals surface area contributed by atoms with E-state index in [1.807, 2.05) is 12.1 Å². The third-order valence-electron chi connectivity index (χ3n) is 4.82. The Morgan fingerprint density at radius 3 is 2.00 bits per heavy atom. The summed E-state index contributed by atoms with van der Waals surface area (Å²) in [4.78, 5) is 5.02. The average molecular weight is 358 g/mol. The molecule has 1 N–H and O–H groups in total.